The molecule has 0 saturated carbocycles. The molecule has 120 valence electrons. The Hall–Kier alpha value is -3.33. The summed E-state index contributed by atoms with van der Waals surface area (Å²) < 4.78 is 29.3. The Labute approximate surface area is 136 Å². The highest BCUT2D eigenvalue weighted by molar-refractivity contribution is 5.86. The molecular weight excluding hydrogens is 313 g/mol. The Bertz CT molecular complexity index is 1010. The molecule has 0 N–H and O–H groups in total. The lowest BCUT2D eigenvalue weighted by molar-refractivity contribution is 0.394. The first-order valence-electron chi connectivity index (χ1n) is 6.96. The molecule has 1 aromatic heterocycles. The second-order valence-electron chi connectivity index (χ2n) is 5.03. The van der Waals surface area contributed by atoms with Gasteiger partial charge in [0, 0.05) is 11.5 Å². The van der Waals surface area contributed by atoms with Gasteiger partial charge in [-0.1, -0.05) is 0 Å². The van der Waals surface area contributed by atoms with Gasteiger partial charge in [0.05, 0.1) is 25.3 Å². The maximum atomic E-state index is 13.6. The summed E-state index contributed by atoms with van der Waals surface area (Å²) >= 11 is 0. The van der Waals surface area contributed by atoms with Gasteiger partial charge in [-0.25, -0.2) is 9.18 Å². The van der Waals surface area contributed by atoms with E-state index < -0.39 is 11.4 Å². The lowest BCUT2D eigenvalue weighted by Gasteiger charge is -2.09. The first kappa shape index (κ1) is 15.6. The molecule has 0 amide bonds. The third-order valence-electron chi connectivity index (χ3n) is 3.58. The van der Waals surface area contributed by atoms with Crippen molar-refractivity contribution >= 4 is 11.0 Å². The number of nitriles is 1. The molecule has 3 rings (SSSR count). The molecule has 0 radical (unpaired) electrons. The van der Waals surface area contributed by atoms with E-state index in [4.69, 9.17) is 19.2 Å². The fraction of sp³-hybridized carbons (Fsp3) is 0.111. The third kappa shape index (κ3) is 2.68. The van der Waals surface area contributed by atoms with Crippen molar-refractivity contribution in [3.8, 4) is 28.7 Å². The highest BCUT2D eigenvalue weighted by Crippen LogP contribution is 2.30. The lowest BCUT2D eigenvalue weighted by Crippen LogP contribution is -2.04. The molecule has 5 nitrogen and oxygen atoms in total. The Kier molecular flexibility index (Phi) is 3.92. The second-order valence-corrected chi connectivity index (χ2v) is 5.03. The molecule has 0 fully saturated rings. The van der Waals surface area contributed by atoms with E-state index in [2.05, 4.69) is 0 Å². The number of fused-ring (bicyclic) bond motifs is 1. The van der Waals surface area contributed by atoms with E-state index in [-0.39, 0.29) is 16.7 Å². The summed E-state index contributed by atoms with van der Waals surface area (Å²) in [4.78, 5) is 12.3. The summed E-state index contributed by atoms with van der Waals surface area (Å²) in [5.74, 6) is 0.420. The van der Waals surface area contributed by atoms with Crippen molar-refractivity contribution in [2.45, 2.75) is 0 Å². The first-order chi connectivity index (χ1) is 11.5. The van der Waals surface area contributed by atoms with E-state index in [1.807, 2.05) is 6.07 Å². The molecule has 2 aromatic carbocycles. The van der Waals surface area contributed by atoms with Crippen LogP contribution in [0.15, 0.2) is 45.6 Å². The Balaban J connectivity index is 2.30. The van der Waals surface area contributed by atoms with Crippen LogP contribution in [0.3, 0.4) is 0 Å². The van der Waals surface area contributed by atoms with Gasteiger partial charge in [-0.05, 0) is 35.9 Å². The second kappa shape index (κ2) is 6.05. The average molecular weight is 325 g/mol. The molecule has 0 aliphatic rings. The standard InChI is InChI=1S/C18H12FNO4/c1-22-14-5-10(6-15(8-14)23-2)16-7-11-3-13(19)4-12(9-20)17(11)24-18(16)21/h3-8H,1-2H3. The monoisotopic (exact) mass is 325 g/mol. The summed E-state index contributed by atoms with van der Waals surface area (Å²) in [6.45, 7) is 0. The van der Waals surface area contributed by atoms with Crippen LogP contribution in [0.2, 0.25) is 0 Å². The van der Waals surface area contributed by atoms with E-state index in [1.165, 1.54) is 26.4 Å². The van der Waals surface area contributed by atoms with Crippen LogP contribution in [0.25, 0.3) is 22.1 Å². The van der Waals surface area contributed by atoms with Gasteiger partial charge in [0.25, 0.3) is 0 Å². The van der Waals surface area contributed by atoms with Crippen molar-refractivity contribution in [1.82, 2.24) is 0 Å². The van der Waals surface area contributed by atoms with Gasteiger partial charge >= 0.3 is 5.63 Å². The fourth-order valence-electron chi connectivity index (χ4n) is 2.45. The molecule has 1 heterocycles. The number of nitrogens with zero attached hydrogens (tertiary/aromatic N) is 1. The van der Waals surface area contributed by atoms with E-state index in [0.29, 0.717) is 22.4 Å². The summed E-state index contributed by atoms with van der Waals surface area (Å²) in [5.41, 5.74) is 0.110. The minimum atomic E-state index is -0.638. The summed E-state index contributed by atoms with van der Waals surface area (Å²) in [6.07, 6.45) is 0. The number of methoxy groups -OCH3 is 2. The van der Waals surface area contributed by atoms with Gasteiger partial charge in [-0.3, -0.25) is 0 Å². The van der Waals surface area contributed by atoms with Gasteiger partial charge in [0.15, 0.2) is 5.58 Å². The SMILES string of the molecule is COc1cc(OC)cc(-c2cc3cc(F)cc(C#N)c3oc2=O)c1. The largest absolute Gasteiger partial charge is 0.497 e. The lowest BCUT2D eigenvalue weighted by atomic mass is 10.0. The predicted octanol–water partition coefficient (Wildman–Crippen LogP) is 3.49. The Morgan fingerprint density at radius 2 is 1.71 bits per heavy atom. The van der Waals surface area contributed by atoms with Crippen LogP contribution in [0.1, 0.15) is 5.56 Å². The van der Waals surface area contributed by atoms with Gasteiger partial charge in [0.2, 0.25) is 0 Å². The van der Waals surface area contributed by atoms with Crippen LogP contribution in [0.5, 0.6) is 11.5 Å². The number of hydrogen-bond acceptors (Lipinski definition) is 5. The van der Waals surface area contributed by atoms with Crippen molar-refractivity contribution < 1.29 is 18.3 Å². The number of rotatable bonds is 3. The number of benzene rings is 2. The summed E-state index contributed by atoms with van der Waals surface area (Å²) in [6, 6.07) is 10.5. The van der Waals surface area contributed by atoms with E-state index in [1.54, 1.807) is 18.2 Å². The molecular formula is C18H12FNO4. The molecule has 0 aliphatic carbocycles. The minimum absolute atomic E-state index is 0.0307. The molecule has 0 unspecified atom stereocenters. The molecule has 0 spiro atoms. The van der Waals surface area contributed by atoms with Crippen molar-refractivity contribution in [3.63, 3.8) is 0 Å². The van der Waals surface area contributed by atoms with E-state index in [9.17, 15) is 9.18 Å². The topological polar surface area (TPSA) is 72.5 Å². The number of halogens is 1. The Morgan fingerprint density at radius 1 is 1.04 bits per heavy atom. The highest BCUT2D eigenvalue weighted by Gasteiger charge is 2.14. The fourth-order valence-corrected chi connectivity index (χ4v) is 2.45. The van der Waals surface area contributed by atoms with Gasteiger partial charge in [-0.2, -0.15) is 5.26 Å². The van der Waals surface area contributed by atoms with Crippen molar-refractivity contribution in [2.24, 2.45) is 0 Å². The van der Waals surface area contributed by atoms with Crippen molar-refractivity contribution in [1.29, 1.82) is 5.26 Å². The van der Waals surface area contributed by atoms with Crippen molar-refractivity contribution in [3.05, 3.63) is 58.2 Å². The molecule has 0 aliphatic heterocycles. The van der Waals surface area contributed by atoms with Crippen LogP contribution in [-0.2, 0) is 0 Å². The Morgan fingerprint density at radius 3 is 2.29 bits per heavy atom. The third-order valence-corrected chi connectivity index (χ3v) is 3.58. The molecule has 6 heteroatoms. The summed E-state index contributed by atoms with van der Waals surface area (Å²) in [5, 5.41) is 9.38. The normalized spacial score (nSPS) is 10.4. The number of ether oxygens (including phenoxy) is 2. The molecule has 24 heavy (non-hydrogen) atoms. The van der Waals surface area contributed by atoms with Gasteiger partial charge in [-0.15, -0.1) is 0 Å². The maximum Gasteiger partial charge on any atom is 0.344 e. The number of hydrogen-bond donors (Lipinski definition) is 0. The first-order valence-corrected chi connectivity index (χ1v) is 6.96. The van der Waals surface area contributed by atoms with E-state index in [0.717, 1.165) is 6.07 Å². The quantitative estimate of drug-likeness (QED) is 0.689. The zero-order valence-electron chi connectivity index (χ0n) is 12.9. The van der Waals surface area contributed by atoms with Crippen LogP contribution in [0, 0.1) is 17.1 Å². The molecule has 3 aromatic rings. The zero-order valence-corrected chi connectivity index (χ0v) is 12.9. The van der Waals surface area contributed by atoms with E-state index >= 15 is 0 Å². The summed E-state index contributed by atoms with van der Waals surface area (Å²) in [7, 11) is 2.99. The minimum Gasteiger partial charge on any atom is -0.497 e. The smallest absolute Gasteiger partial charge is 0.344 e. The molecule has 0 atom stereocenters. The van der Waals surface area contributed by atoms with Crippen LogP contribution in [-0.4, -0.2) is 14.2 Å². The maximum absolute atomic E-state index is 13.6. The zero-order chi connectivity index (χ0) is 17.3. The van der Waals surface area contributed by atoms with Crippen LogP contribution in [0.4, 0.5) is 4.39 Å². The van der Waals surface area contributed by atoms with Gasteiger partial charge in [0.1, 0.15) is 23.4 Å². The predicted molar refractivity (Wildman–Crippen MR) is 85.7 cm³/mol. The molecule has 0 bridgehead atoms. The molecule has 0 saturated heterocycles. The van der Waals surface area contributed by atoms with Crippen molar-refractivity contribution in [2.75, 3.05) is 14.2 Å². The highest BCUT2D eigenvalue weighted by atomic mass is 19.1. The van der Waals surface area contributed by atoms with Crippen LogP contribution < -0.4 is 15.1 Å². The average Bonchev–Trinajstić information content (AvgIpc) is 2.60. The van der Waals surface area contributed by atoms with Gasteiger partial charge < -0.3 is 13.9 Å². The van der Waals surface area contributed by atoms with Crippen LogP contribution >= 0.6 is 0 Å².